The quantitative estimate of drug-likeness (QED) is 0.869. The van der Waals surface area contributed by atoms with Gasteiger partial charge in [-0.15, -0.1) is 0 Å². The summed E-state index contributed by atoms with van der Waals surface area (Å²) in [5.41, 5.74) is 2.01. The Balaban J connectivity index is 1.54. The van der Waals surface area contributed by atoms with Gasteiger partial charge in [0.05, 0.1) is 6.04 Å². The highest BCUT2D eigenvalue weighted by atomic mass is 16.2. The van der Waals surface area contributed by atoms with E-state index >= 15 is 0 Å². The largest absolute Gasteiger partial charge is 0.339 e. The molecule has 2 fully saturated rings. The zero-order valence-corrected chi connectivity index (χ0v) is 14.7. The van der Waals surface area contributed by atoms with Gasteiger partial charge < -0.3 is 20.0 Å². The van der Waals surface area contributed by atoms with E-state index in [9.17, 15) is 14.4 Å². The molecule has 1 aromatic rings. The first-order valence-corrected chi connectivity index (χ1v) is 8.62. The average molecular weight is 344 g/mol. The minimum absolute atomic E-state index is 0.0237. The summed E-state index contributed by atoms with van der Waals surface area (Å²) in [5.74, 6) is 0.0609. The van der Waals surface area contributed by atoms with Crippen LogP contribution in [0.5, 0.6) is 0 Å². The van der Waals surface area contributed by atoms with Crippen molar-refractivity contribution in [2.45, 2.75) is 26.3 Å². The molecule has 7 nitrogen and oxygen atoms in total. The lowest BCUT2D eigenvalue weighted by molar-refractivity contribution is -0.130. The van der Waals surface area contributed by atoms with Crippen LogP contribution in [-0.4, -0.2) is 66.4 Å². The summed E-state index contributed by atoms with van der Waals surface area (Å²) in [6, 6.07) is 7.46. The molecule has 0 aliphatic carbocycles. The second kappa shape index (κ2) is 7.13. The highest BCUT2D eigenvalue weighted by Crippen LogP contribution is 2.22. The monoisotopic (exact) mass is 344 g/mol. The first-order valence-electron chi connectivity index (χ1n) is 8.62. The van der Waals surface area contributed by atoms with Crippen LogP contribution >= 0.6 is 0 Å². The van der Waals surface area contributed by atoms with Crippen LogP contribution in [0.1, 0.15) is 18.9 Å². The molecule has 0 bridgehead atoms. The molecule has 0 spiro atoms. The molecule has 2 saturated heterocycles. The molecule has 2 aliphatic rings. The fourth-order valence-electron chi connectivity index (χ4n) is 3.27. The van der Waals surface area contributed by atoms with Gasteiger partial charge in [0.15, 0.2) is 0 Å². The topological polar surface area (TPSA) is 73.0 Å². The summed E-state index contributed by atoms with van der Waals surface area (Å²) in [7, 11) is 0. The van der Waals surface area contributed by atoms with Crippen LogP contribution in [0.4, 0.5) is 10.5 Å². The van der Waals surface area contributed by atoms with Crippen LogP contribution in [-0.2, 0) is 9.59 Å². The average Bonchev–Trinajstić information content (AvgIpc) is 2.96. The molecule has 0 aromatic heterocycles. The van der Waals surface area contributed by atoms with E-state index in [1.54, 1.807) is 21.6 Å². The van der Waals surface area contributed by atoms with Crippen molar-refractivity contribution in [2.24, 2.45) is 0 Å². The standard InChI is InChI=1S/C18H24N4O3/c1-13-3-5-16(6-4-13)22-12-15(11-17(22)24)19-18(25)21-9-7-20(8-10-21)14(2)23/h3-6,15H,7-12H2,1-2H3,(H,19,25)/t15-/m0/s1. The number of anilines is 1. The van der Waals surface area contributed by atoms with Crippen molar-refractivity contribution in [1.82, 2.24) is 15.1 Å². The minimum atomic E-state index is -0.188. The van der Waals surface area contributed by atoms with Crippen molar-refractivity contribution in [3.05, 3.63) is 29.8 Å². The van der Waals surface area contributed by atoms with E-state index in [0.717, 1.165) is 11.3 Å². The number of rotatable bonds is 2. The van der Waals surface area contributed by atoms with Gasteiger partial charge in [0.25, 0.3) is 0 Å². The van der Waals surface area contributed by atoms with Crippen molar-refractivity contribution >= 4 is 23.5 Å². The number of nitrogens with zero attached hydrogens (tertiary/aromatic N) is 3. The van der Waals surface area contributed by atoms with Gasteiger partial charge in [-0.05, 0) is 19.1 Å². The van der Waals surface area contributed by atoms with Crippen LogP contribution in [0.25, 0.3) is 0 Å². The van der Waals surface area contributed by atoms with Crippen LogP contribution in [0.2, 0.25) is 0 Å². The first-order chi connectivity index (χ1) is 11.9. The van der Waals surface area contributed by atoms with Crippen molar-refractivity contribution < 1.29 is 14.4 Å². The van der Waals surface area contributed by atoms with Crippen LogP contribution in [0, 0.1) is 6.92 Å². The number of urea groups is 1. The molecule has 0 unspecified atom stereocenters. The fraction of sp³-hybridized carbons (Fsp3) is 0.500. The number of hydrogen-bond donors (Lipinski definition) is 1. The molecule has 2 aliphatic heterocycles. The normalized spacial score (nSPS) is 20.8. The van der Waals surface area contributed by atoms with Gasteiger partial charge in [-0.2, -0.15) is 0 Å². The van der Waals surface area contributed by atoms with E-state index < -0.39 is 0 Å². The molecule has 2 heterocycles. The SMILES string of the molecule is CC(=O)N1CCN(C(=O)N[C@H]2CC(=O)N(c3ccc(C)cc3)C2)CC1. The minimum Gasteiger partial charge on any atom is -0.339 e. The number of nitrogens with one attached hydrogen (secondary N) is 1. The van der Waals surface area contributed by atoms with Gasteiger partial charge in [-0.25, -0.2) is 4.79 Å². The predicted molar refractivity (Wildman–Crippen MR) is 94.3 cm³/mol. The number of benzene rings is 1. The predicted octanol–water partition coefficient (Wildman–Crippen LogP) is 0.974. The van der Waals surface area contributed by atoms with Gasteiger partial charge in [0.2, 0.25) is 11.8 Å². The van der Waals surface area contributed by atoms with Gasteiger partial charge in [0, 0.05) is 51.8 Å². The number of hydrogen-bond acceptors (Lipinski definition) is 3. The van der Waals surface area contributed by atoms with E-state index in [1.807, 2.05) is 31.2 Å². The Kier molecular flexibility index (Phi) is 4.92. The summed E-state index contributed by atoms with van der Waals surface area (Å²) in [6.45, 7) is 6.19. The second-order valence-corrected chi connectivity index (χ2v) is 6.68. The smallest absolute Gasteiger partial charge is 0.317 e. The number of piperazine rings is 1. The molecule has 134 valence electrons. The van der Waals surface area contributed by atoms with Crippen molar-refractivity contribution in [1.29, 1.82) is 0 Å². The third kappa shape index (κ3) is 3.92. The molecule has 1 aromatic carbocycles. The lowest BCUT2D eigenvalue weighted by Crippen LogP contribution is -2.54. The number of aryl methyl sites for hydroxylation is 1. The van der Waals surface area contributed by atoms with E-state index in [4.69, 9.17) is 0 Å². The van der Waals surface area contributed by atoms with E-state index in [-0.39, 0.29) is 23.9 Å². The highest BCUT2D eigenvalue weighted by molar-refractivity contribution is 5.96. The Morgan fingerprint density at radius 3 is 2.24 bits per heavy atom. The van der Waals surface area contributed by atoms with Gasteiger partial charge in [0.1, 0.15) is 0 Å². The van der Waals surface area contributed by atoms with Crippen molar-refractivity contribution in [3.8, 4) is 0 Å². The number of amides is 4. The summed E-state index contributed by atoms with van der Waals surface area (Å²) in [6.07, 6.45) is 0.313. The van der Waals surface area contributed by atoms with E-state index in [0.29, 0.717) is 39.1 Å². The molecule has 0 saturated carbocycles. The summed E-state index contributed by atoms with van der Waals surface area (Å²) >= 11 is 0. The molecule has 4 amide bonds. The van der Waals surface area contributed by atoms with Gasteiger partial charge >= 0.3 is 6.03 Å². The molecule has 1 N–H and O–H groups in total. The van der Waals surface area contributed by atoms with Crippen LogP contribution in [0.3, 0.4) is 0 Å². The summed E-state index contributed by atoms with van der Waals surface area (Å²) in [5, 5.41) is 2.96. The maximum atomic E-state index is 12.4. The van der Waals surface area contributed by atoms with Gasteiger partial charge in [-0.3, -0.25) is 9.59 Å². The third-order valence-corrected chi connectivity index (χ3v) is 4.81. The number of carbonyl (C=O) groups excluding carboxylic acids is 3. The summed E-state index contributed by atoms with van der Waals surface area (Å²) < 4.78 is 0. The third-order valence-electron chi connectivity index (χ3n) is 4.81. The molecular formula is C18H24N4O3. The van der Waals surface area contributed by atoms with E-state index in [2.05, 4.69) is 5.32 Å². The van der Waals surface area contributed by atoms with Gasteiger partial charge in [-0.1, -0.05) is 17.7 Å². The van der Waals surface area contributed by atoms with Crippen molar-refractivity contribution in [3.63, 3.8) is 0 Å². The Labute approximate surface area is 147 Å². The number of carbonyl (C=O) groups is 3. The lowest BCUT2D eigenvalue weighted by atomic mass is 10.2. The molecule has 1 atom stereocenters. The van der Waals surface area contributed by atoms with E-state index in [1.165, 1.54) is 0 Å². The highest BCUT2D eigenvalue weighted by Gasteiger charge is 2.33. The maximum absolute atomic E-state index is 12.4. The Morgan fingerprint density at radius 1 is 1.04 bits per heavy atom. The summed E-state index contributed by atoms with van der Waals surface area (Å²) in [4.78, 5) is 41.2. The van der Waals surface area contributed by atoms with Crippen LogP contribution in [0.15, 0.2) is 24.3 Å². The maximum Gasteiger partial charge on any atom is 0.317 e. The Bertz CT molecular complexity index is 665. The van der Waals surface area contributed by atoms with Crippen LogP contribution < -0.4 is 10.2 Å². The fourth-order valence-corrected chi connectivity index (χ4v) is 3.27. The Hall–Kier alpha value is -2.57. The molecule has 25 heavy (non-hydrogen) atoms. The lowest BCUT2D eigenvalue weighted by Gasteiger charge is -2.34. The molecule has 0 radical (unpaired) electrons. The molecule has 3 rings (SSSR count). The zero-order valence-electron chi connectivity index (χ0n) is 14.7. The van der Waals surface area contributed by atoms with Crippen molar-refractivity contribution in [2.75, 3.05) is 37.6 Å². The first kappa shape index (κ1) is 17.3. The zero-order chi connectivity index (χ0) is 18.0. The second-order valence-electron chi connectivity index (χ2n) is 6.68. The Morgan fingerprint density at radius 2 is 1.64 bits per heavy atom. The molecular weight excluding hydrogens is 320 g/mol. The molecule has 7 heteroatoms.